The summed E-state index contributed by atoms with van der Waals surface area (Å²) in [4.78, 5) is 24.0. The fourth-order valence-electron chi connectivity index (χ4n) is 2.89. The van der Waals surface area contributed by atoms with Gasteiger partial charge in [0.15, 0.2) is 6.10 Å². The van der Waals surface area contributed by atoms with Crippen LogP contribution in [-0.4, -0.2) is 45.9 Å². The number of aromatic nitrogens is 2. The summed E-state index contributed by atoms with van der Waals surface area (Å²) in [5, 5.41) is 7.30. The Balaban J connectivity index is 2.11. The number of primary amides is 1. The number of hydrogen-bond acceptors (Lipinski definition) is 4. The molecule has 2 amide bonds. The Bertz CT molecular complexity index is 852. The van der Waals surface area contributed by atoms with Gasteiger partial charge in [-0.25, -0.2) is 4.79 Å². The summed E-state index contributed by atoms with van der Waals surface area (Å²) in [7, 11) is 0. The van der Waals surface area contributed by atoms with Crippen LogP contribution in [0.25, 0.3) is 10.9 Å². The van der Waals surface area contributed by atoms with E-state index in [1.807, 2.05) is 0 Å². The molecule has 0 saturated heterocycles. The number of H-pyrrole nitrogens is 1. The van der Waals surface area contributed by atoms with Gasteiger partial charge in [0.25, 0.3) is 5.91 Å². The summed E-state index contributed by atoms with van der Waals surface area (Å²) >= 11 is 6.14. The number of nitrogens with two attached hydrogens (primary N) is 1. The van der Waals surface area contributed by atoms with Crippen molar-refractivity contribution in [1.82, 2.24) is 15.1 Å². The molecular weight excluding hydrogens is 365 g/mol. The Kier molecular flexibility index (Phi) is 4.23. The lowest BCUT2D eigenvalue weighted by Gasteiger charge is -2.25. The molecule has 0 spiro atoms. The first-order valence-electron chi connectivity index (χ1n) is 7.10. The van der Waals surface area contributed by atoms with Gasteiger partial charge < -0.3 is 15.4 Å². The third-order valence-corrected chi connectivity index (χ3v) is 4.16. The van der Waals surface area contributed by atoms with Gasteiger partial charge in [-0.3, -0.25) is 9.89 Å². The SMILES string of the molecule is NC(=O)O[C@@H]1Cc2cc(Cl)c3[nH]ncc3c2CN(CC(F)(F)F)C1=O. The molecule has 3 N–H and O–H groups in total. The zero-order chi connectivity index (χ0) is 18.4. The van der Waals surface area contributed by atoms with Crippen molar-refractivity contribution in [2.24, 2.45) is 5.73 Å². The molecular formula is C14H12ClF3N4O3. The van der Waals surface area contributed by atoms with Crippen LogP contribution in [0.4, 0.5) is 18.0 Å². The summed E-state index contributed by atoms with van der Waals surface area (Å²) < 4.78 is 43.3. The van der Waals surface area contributed by atoms with Crippen molar-refractivity contribution in [3.8, 4) is 0 Å². The number of ether oxygens (including phenoxy) is 1. The molecule has 0 bridgehead atoms. The second kappa shape index (κ2) is 6.10. The molecule has 134 valence electrons. The predicted octanol–water partition coefficient (Wildman–Crippen LogP) is 2.13. The average Bonchev–Trinajstić information content (AvgIpc) is 2.93. The van der Waals surface area contributed by atoms with E-state index in [0.717, 1.165) is 0 Å². The van der Waals surface area contributed by atoms with Crippen LogP contribution in [0.15, 0.2) is 12.3 Å². The Morgan fingerprint density at radius 3 is 2.88 bits per heavy atom. The highest BCUT2D eigenvalue weighted by Gasteiger charge is 2.39. The Hall–Kier alpha value is -2.49. The average molecular weight is 377 g/mol. The van der Waals surface area contributed by atoms with E-state index in [0.29, 0.717) is 32.0 Å². The maximum atomic E-state index is 12.9. The fraction of sp³-hybridized carbons (Fsp3) is 0.357. The summed E-state index contributed by atoms with van der Waals surface area (Å²) in [6, 6.07) is 1.51. The van der Waals surface area contributed by atoms with Crippen LogP contribution >= 0.6 is 11.6 Å². The van der Waals surface area contributed by atoms with Crippen LogP contribution < -0.4 is 5.73 Å². The molecule has 0 fully saturated rings. The molecule has 1 aliphatic rings. The molecule has 3 rings (SSSR count). The number of aromatic amines is 1. The van der Waals surface area contributed by atoms with E-state index in [1.165, 1.54) is 12.3 Å². The van der Waals surface area contributed by atoms with Crippen LogP contribution in [0.3, 0.4) is 0 Å². The van der Waals surface area contributed by atoms with E-state index in [4.69, 9.17) is 22.1 Å². The van der Waals surface area contributed by atoms with Gasteiger partial charge in [0.1, 0.15) is 6.54 Å². The van der Waals surface area contributed by atoms with Gasteiger partial charge >= 0.3 is 12.3 Å². The first-order valence-corrected chi connectivity index (χ1v) is 7.48. The van der Waals surface area contributed by atoms with Gasteiger partial charge in [-0.15, -0.1) is 0 Å². The predicted molar refractivity (Wildman–Crippen MR) is 80.7 cm³/mol. The van der Waals surface area contributed by atoms with Crippen molar-refractivity contribution >= 4 is 34.5 Å². The van der Waals surface area contributed by atoms with E-state index in [2.05, 4.69) is 10.2 Å². The van der Waals surface area contributed by atoms with E-state index in [-0.39, 0.29) is 13.0 Å². The van der Waals surface area contributed by atoms with Crippen molar-refractivity contribution in [2.45, 2.75) is 25.2 Å². The zero-order valence-corrected chi connectivity index (χ0v) is 13.3. The molecule has 1 aromatic heterocycles. The third kappa shape index (κ3) is 3.48. The van der Waals surface area contributed by atoms with Gasteiger partial charge in [-0.05, 0) is 17.2 Å². The summed E-state index contributed by atoms with van der Waals surface area (Å²) in [5.74, 6) is -0.972. The van der Waals surface area contributed by atoms with E-state index >= 15 is 0 Å². The highest BCUT2D eigenvalue weighted by Crippen LogP contribution is 2.33. The van der Waals surface area contributed by atoms with E-state index in [1.54, 1.807) is 0 Å². The van der Waals surface area contributed by atoms with E-state index < -0.39 is 30.8 Å². The molecule has 1 atom stereocenters. The second-order valence-corrected chi connectivity index (χ2v) is 6.00. The molecule has 0 unspecified atom stereocenters. The number of fused-ring (bicyclic) bond motifs is 3. The van der Waals surface area contributed by atoms with Crippen molar-refractivity contribution in [1.29, 1.82) is 0 Å². The van der Waals surface area contributed by atoms with Crippen LogP contribution in [0.2, 0.25) is 5.02 Å². The van der Waals surface area contributed by atoms with Gasteiger partial charge in [0.2, 0.25) is 0 Å². The Morgan fingerprint density at radius 2 is 2.24 bits per heavy atom. The molecule has 1 aliphatic heterocycles. The minimum Gasteiger partial charge on any atom is -0.436 e. The molecule has 1 aromatic carbocycles. The van der Waals surface area contributed by atoms with Crippen molar-refractivity contribution in [3.05, 3.63) is 28.4 Å². The summed E-state index contributed by atoms with van der Waals surface area (Å²) in [6.45, 7) is -1.80. The van der Waals surface area contributed by atoms with Gasteiger partial charge in [0.05, 0.1) is 16.7 Å². The molecule has 11 heteroatoms. The van der Waals surface area contributed by atoms with Crippen molar-refractivity contribution in [3.63, 3.8) is 0 Å². The molecule has 0 aliphatic carbocycles. The summed E-state index contributed by atoms with van der Waals surface area (Å²) in [6.07, 6.45) is -6.03. The number of rotatable bonds is 2. The number of alkyl halides is 3. The Morgan fingerprint density at radius 1 is 1.52 bits per heavy atom. The van der Waals surface area contributed by atoms with E-state index in [9.17, 15) is 22.8 Å². The number of carbonyl (C=O) groups excluding carboxylic acids is 2. The number of hydrogen-bond donors (Lipinski definition) is 2. The maximum absolute atomic E-state index is 12.9. The molecule has 25 heavy (non-hydrogen) atoms. The minimum absolute atomic E-state index is 0.133. The quantitative estimate of drug-likeness (QED) is 0.838. The standard InChI is InChI=1S/C14H12ClF3N4O3/c15-9-1-6-2-10(25-13(19)24)12(23)22(5-14(16,17)18)4-8(6)7-3-20-21-11(7)9/h1,3,10H,2,4-5H2,(H2,19,24)(H,20,21)/t10-/m1/s1. The van der Waals surface area contributed by atoms with Gasteiger partial charge in [-0.2, -0.15) is 18.3 Å². The molecule has 0 saturated carbocycles. The summed E-state index contributed by atoms with van der Waals surface area (Å²) in [5.41, 5.74) is 6.34. The topological polar surface area (TPSA) is 101 Å². The highest BCUT2D eigenvalue weighted by molar-refractivity contribution is 6.35. The monoisotopic (exact) mass is 376 g/mol. The lowest BCUT2D eigenvalue weighted by molar-refractivity contribution is -0.166. The number of carbonyl (C=O) groups is 2. The first kappa shape index (κ1) is 17.3. The van der Waals surface area contributed by atoms with Crippen LogP contribution in [0.1, 0.15) is 11.1 Å². The smallest absolute Gasteiger partial charge is 0.406 e. The fourth-order valence-corrected chi connectivity index (χ4v) is 3.17. The lowest BCUT2D eigenvalue weighted by atomic mass is 9.99. The van der Waals surface area contributed by atoms with Gasteiger partial charge in [0, 0.05) is 18.4 Å². The number of nitrogens with zero attached hydrogens (tertiary/aromatic N) is 2. The lowest BCUT2D eigenvalue weighted by Crippen LogP contribution is -2.45. The number of halogens is 4. The van der Waals surface area contributed by atoms with Crippen molar-refractivity contribution in [2.75, 3.05) is 6.54 Å². The Labute approximate surface area is 143 Å². The molecule has 0 radical (unpaired) electrons. The normalized spacial score (nSPS) is 18.2. The van der Waals surface area contributed by atoms with Crippen LogP contribution in [-0.2, 0) is 22.5 Å². The third-order valence-electron chi connectivity index (χ3n) is 3.86. The number of benzene rings is 1. The second-order valence-electron chi connectivity index (χ2n) is 5.59. The molecule has 2 aromatic rings. The zero-order valence-electron chi connectivity index (χ0n) is 12.6. The molecule has 2 heterocycles. The highest BCUT2D eigenvalue weighted by atomic mass is 35.5. The first-order chi connectivity index (χ1) is 11.7. The number of amides is 2. The van der Waals surface area contributed by atoms with Crippen LogP contribution in [0, 0.1) is 0 Å². The minimum atomic E-state index is -4.61. The van der Waals surface area contributed by atoms with Gasteiger partial charge in [-0.1, -0.05) is 11.6 Å². The van der Waals surface area contributed by atoms with Crippen molar-refractivity contribution < 1.29 is 27.5 Å². The largest absolute Gasteiger partial charge is 0.436 e. The molecule has 7 nitrogen and oxygen atoms in total. The number of nitrogens with one attached hydrogen (secondary N) is 1. The van der Waals surface area contributed by atoms with Crippen LogP contribution in [0.5, 0.6) is 0 Å². The maximum Gasteiger partial charge on any atom is 0.406 e.